The van der Waals surface area contributed by atoms with Crippen LogP contribution < -0.4 is 5.32 Å². The molecule has 0 saturated heterocycles. The van der Waals surface area contributed by atoms with Crippen LogP contribution in [0.5, 0.6) is 0 Å². The molecule has 15 heavy (non-hydrogen) atoms. The molecule has 1 aromatic carbocycles. The maximum absolute atomic E-state index is 5.08. The molecule has 0 fully saturated rings. The molecular formula is C13H21NO. The van der Waals surface area contributed by atoms with Gasteiger partial charge < -0.3 is 10.1 Å². The molecule has 2 heteroatoms. The van der Waals surface area contributed by atoms with Gasteiger partial charge in [0.1, 0.15) is 0 Å². The standard InChI is InChI=1S/C13H21NO/c1-10-5-11(2)7-13(6-10)8-14-12(3)9-15-4/h5-7,12,14H,8-9H2,1-4H3/t12-/m0/s1. The van der Waals surface area contributed by atoms with Crippen LogP contribution >= 0.6 is 0 Å². The van der Waals surface area contributed by atoms with Gasteiger partial charge in [0.2, 0.25) is 0 Å². The summed E-state index contributed by atoms with van der Waals surface area (Å²) in [5.41, 5.74) is 3.99. The summed E-state index contributed by atoms with van der Waals surface area (Å²) in [6, 6.07) is 7.04. The Bertz CT molecular complexity index is 289. The summed E-state index contributed by atoms with van der Waals surface area (Å²) in [6.07, 6.45) is 0. The molecule has 0 aliphatic heterocycles. The van der Waals surface area contributed by atoms with E-state index in [2.05, 4.69) is 44.3 Å². The van der Waals surface area contributed by atoms with Crippen LogP contribution in [0.25, 0.3) is 0 Å². The fourth-order valence-corrected chi connectivity index (χ4v) is 1.77. The third-order valence-corrected chi connectivity index (χ3v) is 2.35. The van der Waals surface area contributed by atoms with Crippen LogP contribution in [0.15, 0.2) is 18.2 Å². The third kappa shape index (κ3) is 4.45. The van der Waals surface area contributed by atoms with E-state index in [1.165, 1.54) is 16.7 Å². The summed E-state index contributed by atoms with van der Waals surface area (Å²) < 4.78 is 5.08. The van der Waals surface area contributed by atoms with E-state index in [-0.39, 0.29) is 0 Å². The number of methoxy groups -OCH3 is 1. The molecule has 1 aromatic rings. The first-order valence-corrected chi connectivity index (χ1v) is 5.41. The maximum atomic E-state index is 5.08. The summed E-state index contributed by atoms with van der Waals surface area (Å²) in [5.74, 6) is 0. The van der Waals surface area contributed by atoms with Gasteiger partial charge in [-0.05, 0) is 26.3 Å². The molecule has 0 bridgehead atoms. The third-order valence-electron chi connectivity index (χ3n) is 2.35. The van der Waals surface area contributed by atoms with Gasteiger partial charge >= 0.3 is 0 Å². The van der Waals surface area contributed by atoms with Crippen LogP contribution in [0.2, 0.25) is 0 Å². The fraction of sp³-hybridized carbons (Fsp3) is 0.538. The van der Waals surface area contributed by atoms with E-state index in [0.29, 0.717) is 6.04 Å². The summed E-state index contributed by atoms with van der Waals surface area (Å²) in [7, 11) is 1.73. The van der Waals surface area contributed by atoms with E-state index < -0.39 is 0 Å². The first-order valence-electron chi connectivity index (χ1n) is 5.41. The predicted molar refractivity (Wildman–Crippen MR) is 64.1 cm³/mol. The summed E-state index contributed by atoms with van der Waals surface area (Å²) >= 11 is 0. The number of aryl methyl sites for hydroxylation is 2. The highest BCUT2D eigenvalue weighted by atomic mass is 16.5. The minimum atomic E-state index is 0.399. The van der Waals surface area contributed by atoms with E-state index in [1.807, 2.05) is 0 Å². The van der Waals surface area contributed by atoms with Crippen molar-refractivity contribution in [3.05, 3.63) is 34.9 Å². The molecule has 0 heterocycles. The lowest BCUT2D eigenvalue weighted by atomic mass is 10.1. The summed E-state index contributed by atoms with van der Waals surface area (Å²) in [5, 5.41) is 3.43. The molecule has 84 valence electrons. The van der Waals surface area contributed by atoms with Gasteiger partial charge in [0, 0.05) is 19.7 Å². The fourth-order valence-electron chi connectivity index (χ4n) is 1.77. The zero-order valence-corrected chi connectivity index (χ0v) is 10.1. The average Bonchev–Trinajstić information content (AvgIpc) is 2.14. The van der Waals surface area contributed by atoms with Crippen molar-refractivity contribution >= 4 is 0 Å². The zero-order valence-electron chi connectivity index (χ0n) is 10.1. The Balaban J connectivity index is 2.50. The predicted octanol–water partition coefficient (Wildman–Crippen LogP) is 2.43. The monoisotopic (exact) mass is 207 g/mol. The van der Waals surface area contributed by atoms with E-state index in [9.17, 15) is 0 Å². The van der Waals surface area contributed by atoms with Crippen LogP contribution in [-0.4, -0.2) is 19.8 Å². The number of hydrogen-bond donors (Lipinski definition) is 1. The highest BCUT2D eigenvalue weighted by Gasteiger charge is 2.01. The van der Waals surface area contributed by atoms with Crippen LogP contribution in [0, 0.1) is 13.8 Å². The topological polar surface area (TPSA) is 21.3 Å². The second-order valence-electron chi connectivity index (χ2n) is 4.23. The van der Waals surface area contributed by atoms with Crippen LogP contribution in [0.3, 0.4) is 0 Å². The van der Waals surface area contributed by atoms with Gasteiger partial charge in [0.15, 0.2) is 0 Å². The molecule has 0 amide bonds. The largest absolute Gasteiger partial charge is 0.383 e. The molecule has 0 spiro atoms. The molecule has 0 unspecified atom stereocenters. The minimum absolute atomic E-state index is 0.399. The van der Waals surface area contributed by atoms with Crippen molar-refractivity contribution in [3.63, 3.8) is 0 Å². The number of hydrogen-bond acceptors (Lipinski definition) is 2. The molecular weight excluding hydrogens is 186 g/mol. The molecule has 1 N–H and O–H groups in total. The Morgan fingerprint density at radius 3 is 2.33 bits per heavy atom. The van der Waals surface area contributed by atoms with Gasteiger partial charge in [-0.3, -0.25) is 0 Å². The van der Waals surface area contributed by atoms with Crippen molar-refractivity contribution in [3.8, 4) is 0 Å². The quantitative estimate of drug-likeness (QED) is 0.800. The molecule has 0 radical (unpaired) electrons. The number of rotatable bonds is 5. The number of nitrogens with one attached hydrogen (secondary N) is 1. The van der Waals surface area contributed by atoms with E-state index >= 15 is 0 Å². The Morgan fingerprint density at radius 2 is 1.80 bits per heavy atom. The van der Waals surface area contributed by atoms with Gasteiger partial charge in [-0.25, -0.2) is 0 Å². The molecule has 0 aromatic heterocycles. The Morgan fingerprint density at radius 1 is 1.20 bits per heavy atom. The Hall–Kier alpha value is -0.860. The minimum Gasteiger partial charge on any atom is -0.383 e. The normalized spacial score (nSPS) is 12.8. The molecule has 1 rings (SSSR count). The second kappa shape index (κ2) is 5.89. The van der Waals surface area contributed by atoms with Gasteiger partial charge in [0.25, 0.3) is 0 Å². The van der Waals surface area contributed by atoms with Gasteiger partial charge in [0.05, 0.1) is 6.61 Å². The van der Waals surface area contributed by atoms with E-state index in [0.717, 1.165) is 13.2 Å². The SMILES string of the molecule is COC[C@H](C)NCc1cc(C)cc(C)c1. The van der Waals surface area contributed by atoms with Crippen LogP contribution in [0.4, 0.5) is 0 Å². The van der Waals surface area contributed by atoms with Crippen molar-refractivity contribution in [2.24, 2.45) is 0 Å². The maximum Gasteiger partial charge on any atom is 0.0613 e. The van der Waals surface area contributed by atoms with Crippen LogP contribution in [0.1, 0.15) is 23.6 Å². The first kappa shape index (κ1) is 12.2. The number of ether oxygens (including phenoxy) is 1. The molecule has 0 aliphatic carbocycles. The lowest BCUT2D eigenvalue weighted by molar-refractivity contribution is 0.171. The number of benzene rings is 1. The zero-order chi connectivity index (χ0) is 11.3. The lowest BCUT2D eigenvalue weighted by Gasteiger charge is -2.13. The second-order valence-corrected chi connectivity index (χ2v) is 4.23. The lowest BCUT2D eigenvalue weighted by Crippen LogP contribution is -2.29. The van der Waals surface area contributed by atoms with Crippen molar-refractivity contribution in [2.45, 2.75) is 33.4 Å². The van der Waals surface area contributed by atoms with Gasteiger partial charge in [-0.1, -0.05) is 29.3 Å². The average molecular weight is 207 g/mol. The highest BCUT2D eigenvalue weighted by Crippen LogP contribution is 2.08. The van der Waals surface area contributed by atoms with E-state index in [1.54, 1.807) is 7.11 Å². The van der Waals surface area contributed by atoms with Gasteiger partial charge in [-0.15, -0.1) is 0 Å². The van der Waals surface area contributed by atoms with Crippen molar-refractivity contribution < 1.29 is 4.74 Å². The summed E-state index contributed by atoms with van der Waals surface area (Å²) in [6.45, 7) is 8.06. The molecule has 0 saturated carbocycles. The highest BCUT2D eigenvalue weighted by molar-refractivity contribution is 5.28. The van der Waals surface area contributed by atoms with Crippen molar-refractivity contribution in [2.75, 3.05) is 13.7 Å². The van der Waals surface area contributed by atoms with Gasteiger partial charge in [-0.2, -0.15) is 0 Å². The molecule has 1 atom stereocenters. The molecule has 0 aliphatic rings. The van der Waals surface area contributed by atoms with Crippen LogP contribution in [-0.2, 0) is 11.3 Å². The summed E-state index contributed by atoms with van der Waals surface area (Å²) in [4.78, 5) is 0. The van der Waals surface area contributed by atoms with Crippen molar-refractivity contribution in [1.29, 1.82) is 0 Å². The smallest absolute Gasteiger partial charge is 0.0613 e. The Kier molecular flexibility index (Phi) is 4.79. The van der Waals surface area contributed by atoms with Crippen molar-refractivity contribution in [1.82, 2.24) is 5.32 Å². The molecule has 2 nitrogen and oxygen atoms in total. The first-order chi connectivity index (χ1) is 7.11. The van der Waals surface area contributed by atoms with E-state index in [4.69, 9.17) is 4.74 Å². The Labute approximate surface area is 92.6 Å².